The van der Waals surface area contributed by atoms with Gasteiger partial charge in [-0.15, -0.1) is 0 Å². The van der Waals surface area contributed by atoms with Crippen LogP contribution in [0.15, 0.2) is 41.7 Å². The van der Waals surface area contributed by atoms with Gasteiger partial charge in [-0.25, -0.2) is 9.37 Å². The Kier molecular flexibility index (Phi) is 5.58. The Bertz CT molecular complexity index is 1060. The molecule has 1 aromatic heterocycles. The monoisotopic (exact) mass is 424 g/mol. The number of halogens is 1. The topological polar surface area (TPSA) is 83.9 Å². The van der Waals surface area contributed by atoms with Crippen molar-refractivity contribution in [2.75, 3.05) is 18.0 Å². The number of aromatic nitrogens is 1. The minimum absolute atomic E-state index is 0.0526. The van der Waals surface area contributed by atoms with Crippen molar-refractivity contribution in [3.05, 3.63) is 59.0 Å². The van der Waals surface area contributed by atoms with Gasteiger partial charge in [0.25, 0.3) is 5.91 Å². The van der Waals surface area contributed by atoms with Gasteiger partial charge in [0.15, 0.2) is 11.3 Å². The Hall–Kier alpha value is -3.13. The zero-order valence-electron chi connectivity index (χ0n) is 17.8. The molecule has 7 nitrogen and oxygen atoms in total. The van der Waals surface area contributed by atoms with E-state index in [0.717, 1.165) is 31.0 Å². The molecule has 0 saturated carbocycles. The van der Waals surface area contributed by atoms with E-state index in [2.05, 4.69) is 15.5 Å². The van der Waals surface area contributed by atoms with Gasteiger partial charge in [-0.3, -0.25) is 14.5 Å². The van der Waals surface area contributed by atoms with Crippen LogP contribution < -0.4 is 10.2 Å². The number of rotatable bonds is 4. The number of benzene rings is 1. The molecule has 2 aromatic rings. The number of anilines is 1. The average molecular weight is 424 g/mol. The maximum atomic E-state index is 15.1. The van der Waals surface area contributed by atoms with Crippen molar-refractivity contribution >= 4 is 23.2 Å². The summed E-state index contributed by atoms with van der Waals surface area (Å²) in [5.74, 6) is -0.985. The first-order valence-electron chi connectivity index (χ1n) is 10.4. The normalized spacial score (nSPS) is 20.2. The van der Waals surface area contributed by atoms with E-state index >= 15 is 4.39 Å². The number of Topliss-reactive ketones (excluding diaryl/α,β-unsaturated/α-hetero) is 1. The molecule has 1 unspecified atom stereocenters. The number of aryl methyl sites for hydroxylation is 1. The Morgan fingerprint density at radius 3 is 2.74 bits per heavy atom. The van der Waals surface area contributed by atoms with Gasteiger partial charge in [0.2, 0.25) is 5.78 Å². The van der Waals surface area contributed by atoms with E-state index in [-0.39, 0.29) is 28.7 Å². The molecule has 4 rings (SSSR count). The maximum Gasteiger partial charge on any atom is 0.262 e. The third-order valence-electron chi connectivity index (χ3n) is 5.66. The zero-order valence-corrected chi connectivity index (χ0v) is 17.8. The van der Waals surface area contributed by atoms with Crippen LogP contribution in [0.4, 0.5) is 10.2 Å². The number of hydrogen-bond acceptors (Lipinski definition) is 6. The number of oxime groups is 1. The van der Waals surface area contributed by atoms with Crippen LogP contribution in [0.2, 0.25) is 0 Å². The molecule has 1 aromatic carbocycles. The number of hydrogen-bond donors (Lipinski definition) is 1. The summed E-state index contributed by atoms with van der Waals surface area (Å²) in [6.45, 7) is 6.58. The Balaban J connectivity index is 1.69. The van der Waals surface area contributed by atoms with Crippen LogP contribution in [0, 0.1) is 12.7 Å². The second-order valence-corrected chi connectivity index (χ2v) is 8.38. The lowest BCUT2D eigenvalue weighted by Gasteiger charge is -2.34. The SMILES string of the molecule is Cc1cccnc1N(C(=O)c1ccc(C2=NOC(C)(C)C2=O)cc1F)C1CCCNC1. The number of nitrogens with zero attached hydrogens (tertiary/aromatic N) is 3. The highest BCUT2D eigenvalue weighted by molar-refractivity contribution is 6.49. The molecule has 3 heterocycles. The third-order valence-corrected chi connectivity index (χ3v) is 5.66. The average Bonchev–Trinajstić information content (AvgIpc) is 3.03. The quantitative estimate of drug-likeness (QED) is 0.816. The van der Waals surface area contributed by atoms with Gasteiger partial charge in [0, 0.05) is 18.3 Å². The minimum atomic E-state index is -1.08. The van der Waals surface area contributed by atoms with Crippen LogP contribution in [0.3, 0.4) is 0 Å². The highest BCUT2D eigenvalue weighted by Gasteiger charge is 2.40. The molecule has 0 radical (unpaired) electrons. The van der Waals surface area contributed by atoms with Crippen molar-refractivity contribution in [3.8, 4) is 0 Å². The van der Waals surface area contributed by atoms with Crippen molar-refractivity contribution < 1.29 is 18.8 Å². The summed E-state index contributed by atoms with van der Waals surface area (Å²) in [4.78, 5) is 37.1. The summed E-state index contributed by atoms with van der Waals surface area (Å²) in [6.07, 6.45) is 3.34. The third kappa shape index (κ3) is 3.95. The lowest BCUT2D eigenvalue weighted by Crippen LogP contribution is -2.49. The summed E-state index contributed by atoms with van der Waals surface area (Å²) in [7, 11) is 0. The number of piperidine rings is 1. The van der Waals surface area contributed by atoms with E-state index in [1.165, 1.54) is 12.1 Å². The second-order valence-electron chi connectivity index (χ2n) is 8.38. The van der Waals surface area contributed by atoms with Crippen molar-refractivity contribution in [1.82, 2.24) is 10.3 Å². The van der Waals surface area contributed by atoms with E-state index < -0.39 is 17.3 Å². The molecule has 1 saturated heterocycles. The van der Waals surface area contributed by atoms with Crippen molar-refractivity contribution in [3.63, 3.8) is 0 Å². The lowest BCUT2D eigenvalue weighted by atomic mass is 9.95. The molecule has 1 fully saturated rings. The summed E-state index contributed by atoms with van der Waals surface area (Å²) in [5, 5.41) is 7.11. The molecule has 1 N–H and O–H groups in total. The second kappa shape index (κ2) is 8.19. The molecule has 2 aliphatic heterocycles. The van der Waals surface area contributed by atoms with E-state index in [4.69, 9.17) is 4.84 Å². The first-order chi connectivity index (χ1) is 14.8. The number of nitrogens with one attached hydrogen (secondary N) is 1. The molecule has 1 atom stereocenters. The fourth-order valence-electron chi connectivity index (χ4n) is 3.90. The fourth-order valence-corrected chi connectivity index (χ4v) is 3.90. The van der Waals surface area contributed by atoms with Gasteiger partial charge >= 0.3 is 0 Å². The van der Waals surface area contributed by atoms with E-state index in [1.807, 2.05) is 13.0 Å². The molecular weight excluding hydrogens is 399 g/mol. The van der Waals surface area contributed by atoms with Crippen LogP contribution in [0.25, 0.3) is 0 Å². The van der Waals surface area contributed by atoms with Gasteiger partial charge in [0.05, 0.1) is 11.6 Å². The molecule has 8 heteroatoms. The predicted octanol–water partition coefficient (Wildman–Crippen LogP) is 3.01. The zero-order chi connectivity index (χ0) is 22.2. The number of ketones is 1. The minimum Gasteiger partial charge on any atom is -0.381 e. The molecule has 0 aliphatic carbocycles. The van der Waals surface area contributed by atoms with Crippen molar-refractivity contribution in [1.29, 1.82) is 0 Å². The summed E-state index contributed by atoms with van der Waals surface area (Å²) < 4.78 is 15.1. The van der Waals surface area contributed by atoms with E-state index in [9.17, 15) is 9.59 Å². The highest BCUT2D eigenvalue weighted by Crippen LogP contribution is 2.27. The Morgan fingerprint density at radius 2 is 2.13 bits per heavy atom. The van der Waals surface area contributed by atoms with Crippen LogP contribution >= 0.6 is 0 Å². The van der Waals surface area contributed by atoms with Gasteiger partial charge in [-0.05, 0) is 63.9 Å². The summed E-state index contributed by atoms with van der Waals surface area (Å²) >= 11 is 0. The van der Waals surface area contributed by atoms with Gasteiger partial charge in [-0.2, -0.15) is 0 Å². The molecule has 2 aliphatic rings. The largest absolute Gasteiger partial charge is 0.381 e. The molecule has 1 amide bonds. The predicted molar refractivity (Wildman–Crippen MR) is 115 cm³/mol. The number of amides is 1. The van der Waals surface area contributed by atoms with Crippen LogP contribution in [-0.2, 0) is 9.63 Å². The standard InChI is InChI=1S/C23H25FN4O3/c1-14-6-4-11-26-21(14)28(16-7-5-10-25-13-16)22(30)17-9-8-15(12-18(17)24)19-20(29)23(2,3)31-27-19/h4,6,8-9,11-12,16,25H,5,7,10,13H2,1-3H3. The number of pyridine rings is 1. The Morgan fingerprint density at radius 1 is 1.32 bits per heavy atom. The number of carbonyl (C=O) groups is 2. The molecule has 31 heavy (non-hydrogen) atoms. The van der Waals surface area contributed by atoms with Crippen LogP contribution in [0.1, 0.15) is 48.2 Å². The highest BCUT2D eigenvalue weighted by atomic mass is 19.1. The number of carbonyl (C=O) groups excluding carboxylic acids is 2. The fraction of sp³-hybridized carbons (Fsp3) is 0.391. The molecular formula is C23H25FN4O3. The Labute approximate surface area is 180 Å². The first-order valence-corrected chi connectivity index (χ1v) is 10.4. The van der Waals surface area contributed by atoms with Gasteiger partial charge in [0.1, 0.15) is 11.6 Å². The van der Waals surface area contributed by atoms with Crippen molar-refractivity contribution in [2.45, 2.75) is 45.3 Å². The van der Waals surface area contributed by atoms with E-state index in [0.29, 0.717) is 12.4 Å². The van der Waals surface area contributed by atoms with Gasteiger partial charge in [-0.1, -0.05) is 17.3 Å². The molecule has 0 bridgehead atoms. The first kappa shape index (κ1) is 21.1. The molecule has 162 valence electrons. The van der Waals surface area contributed by atoms with E-state index in [1.54, 1.807) is 31.0 Å². The molecule has 0 spiro atoms. The lowest BCUT2D eigenvalue weighted by molar-refractivity contribution is -0.128. The van der Waals surface area contributed by atoms with Gasteiger partial charge < -0.3 is 10.2 Å². The van der Waals surface area contributed by atoms with Crippen LogP contribution in [0.5, 0.6) is 0 Å². The maximum absolute atomic E-state index is 15.1. The van der Waals surface area contributed by atoms with Crippen molar-refractivity contribution in [2.24, 2.45) is 5.16 Å². The smallest absolute Gasteiger partial charge is 0.262 e. The summed E-state index contributed by atoms with van der Waals surface area (Å²) in [6, 6.07) is 7.64. The van der Waals surface area contributed by atoms with Crippen LogP contribution in [-0.4, -0.2) is 47.1 Å². The summed E-state index contributed by atoms with van der Waals surface area (Å²) in [5.41, 5.74) is 0.0115.